The molecule has 1 amide bonds. The Morgan fingerprint density at radius 2 is 1.85 bits per heavy atom. The van der Waals surface area contributed by atoms with Crippen molar-refractivity contribution in [2.24, 2.45) is 0 Å². The summed E-state index contributed by atoms with van der Waals surface area (Å²) in [6.45, 7) is 2.38. The van der Waals surface area contributed by atoms with E-state index in [1.807, 2.05) is 13.0 Å². The molecule has 6 nitrogen and oxygen atoms in total. The van der Waals surface area contributed by atoms with E-state index in [-0.39, 0.29) is 23.7 Å². The zero-order valence-electron chi connectivity index (χ0n) is 15.1. The second kappa shape index (κ2) is 8.82. The molecule has 2 aromatic carbocycles. The topological polar surface area (TPSA) is 75.7 Å². The Hall–Kier alpha value is -1.96. The van der Waals surface area contributed by atoms with Crippen molar-refractivity contribution in [1.82, 2.24) is 5.32 Å². The molecule has 146 valence electrons. The lowest BCUT2D eigenvalue weighted by molar-refractivity contribution is 0.0947. The first-order valence-corrected chi connectivity index (χ1v) is 10.6. The molecule has 0 spiro atoms. The maximum absolute atomic E-state index is 12.4. The first-order valence-electron chi connectivity index (χ1n) is 8.00. The molecule has 0 aliphatic rings. The Balaban J connectivity index is 1.98. The molecular weight excluding hydrogens is 411 g/mol. The van der Waals surface area contributed by atoms with Crippen molar-refractivity contribution in [3.05, 3.63) is 57.6 Å². The van der Waals surface area contributed by atoms with Crippen molar-refractivity contribution in [3.8, 4) is 5.75 Å². The second-order valence-electron chi connectivity index (χ2n) is 5.91. The fourth-order valence-corrected chi connectivity index (χ4v) is 3.04. The van der Waals surface area contributed by atoms with Crippen LogP contribution in [0.4, 0.5) is 5.69 Å². The molecule has 0 radical (unpaired) electrons. The molecule has 2 aromatic rings. The fourth-order valence-electron chi connectivity index (χ4n) is 2.17. The third kappa shape index (κ3) is 5.76. The summed E-state index contributed by atoms with van der Waals surface area (Å²) in [4.78, 5) is 12.4. The summed E-state index contributed by atoms with van der Waals surface area (Å²) >= 11 is 12.1. The molecule has 0 bridgehead atoms. The lowest BCUT2D eigenvalue weighted by Gasteiger charge is -2.18. The minimum Gasteiger partial charge on any atom is -0.492 e. The van der Waals surface area contributed by atoms with Crippen molar-refractivity contribution in [2.45, 2.75) is 6.92 Å². The first-order chi connectivity index (χ1) is 12.6. The van der Waals surface area contributed by atoms with Crippen LogP contribution in [0.2, 0.25) is 10.0 Å². The van der Waals surface area contributed by atoms with Gasteiger partial charge in [-0.25, -0.2) is 8.42 Å². The number of ether oxygens (including phenoxy) is 1. The van der Waals surface area contributed by atoms with Crippen LogP contribution in [0.15, 0.2) is 36.4 Å². The Morgan fingerprint density at radius 1 is 1.15 bits per heavy atom. The number of nitrogens with one attached hydrogen (secondary N) is 1. The molecule has 0 saturated carbocycles. The van der Waals surface area contributed by atoms with Crippen molar-refractivity contribution < 1.29 is 17.9 Å². The van der Waals surface area contributed by atoms with Crippen LogP contribution >= 0.6 is 23.2 Å². The van der Waals surface area contributed by atoms with Crippen LogP contribution in [0, 0.1) is 6.92 Å². The highest BCUT2D eigenvalue weighted by Crippen LogP contribution is 2.24. The molecule has 2 rings (SSSR count). The number of sulfonamides is 1. The smallest absolute Gasteiger partial charge is 0.252 e. The Kier molecular flexibility index (Phi) is 6.97. The standard InChI is InChI=1S/C18H20Cl2N2O4S/c1-12-4-6-14(11-17(12)20)26-9-8-21-18(23)15-10-13(5-7-16(15)19)22(2)27(3,24)25/h4-7,10-11H,8-9H2,1-3H3,(H,21,23). The highest BCUT2D eigenvalue weighted by molar-refractivity contribution is 7.92. The zero-order valence-corrected chi connectivity index (χ0v) is 17.5. The quantitative estimate of drug-likeness (QED) is 0.681. The van der Waals surface area contributed by atoms with Crippen molar-refractivity contribution in [3.63, 3.8) is 0 Å². The van der Waals surface area contributed by atoms with Gasteiger partial charge in [0.25, 0.3) is 5.91 Å². The average molecular weight is 431 g/mol. The largest absolute Gasteiger partial charge is 0.492 e. The molecule has 9 heteroatoms. The van der Waals surface area contributed by atoms with Gasteiger partial charge in [0, 0.05) is 12.1 Å². The molecule has 1 N–H and O–H groups in total. The summed E-state index contributed by atoms with van der Waals surface area (Å²) < 4.78 is 29.9. The summed E-state index contributed by atoms with van der Waals surface area (Å²) in [5, 5.41) is 3.52. The van der Waals surface area contributed by atoms with Crippen molar-refractivity contribution >= 4 is 44.8 Å². The van der Waals surface area contributed by atoms with E-state index in [1.165, 1.54) is 25.2 Å². The van der Waals surface area contributed by atoms with E-state index in [1.54, 1.807) is 12.1 Å². The lowest BCUT2D eigenvalue weighted by atomic mass is 10.2. The molecule has 0 aliphatic carbocycles. The van der Waals surface area contributed by atoms with E-state index in [0.717, 1.165) is 16.1 Å². The number of carbonyl (C=O) groups excluding carboxylic acids is 1. The predicted octanol–water partition coefficient (Wildman–Crippen LogP) is 3.51. The third-order valence-corrected chi connectivity index (χ3v) is 5.80. The number of halogens is 2. The van der Waals surface area contributed by atoms with E-state index >= 15 is 0 Å². The molecule has 0 atom stereocenters. The Bertz CT molecular complexity index is 948. The van der Waals surface area contributed by atoms with Crippen LogP contribution in [0.25, 0.3) is 0 Å². The number of carbonyl (C=O) groups is 1. The van der Waals surface area contributed by atoms with Crippen LogP contribution in [0.1, 0.15) is 15.9 Å². The van der Waals surface area contributed by atoms with Gasteiger partial charge in [0.1, 0.15) is 12.4 Å². The minimum atomic E-state index is -3.44. The van der Waals surface area contributed by atoms with Crippen LogP contribution < -0.4 is 14.4 Å². The van der Waals surface area contributed by atoms with Crippen LogP contribution in [-0.2, 0) is 10.0 Å². The van der Waals surface area contributed by atoms with Gasteiger partial charge < -0.3 is 10.1 Å². The number of anilines is 1. The molecule has 27 heavy (non-hydrogen) atoms. The van der Waals surface area contributed by atoms with Crippen LogP contribution in [0.3, 0.4) is 0 Å². The van der Waals surface area contributed by atoms with E-state index in [2.05, 4.69) is 5.32 Å². The number of rotatable bonds is 7. The number of aryl methyl sites for hydroxylation is 1. The monoisotopic (exact) mass is 430 g/mol. The Labute approximate surface area is 169 Å². The summed E-state index contributed by atoms with van der Waals surface area (Å²) in [5.74, 6) is 0.184. The summed E-state index contributed by atoms with van der Waals surface area (Å²) in [6.07, 6.45) is 1.08. The molecular formula is C18H20Cl2N2O4S. The van der Waals surface area contributed by atoms with Gasteiger partial charge in [-0.1, -0.05) is 29.3 Å². The summed E-state index contributed by atoms with van der Waals surface area (Å²) in [7, 11) is -2.04. The molecule has 0 aromatic heterocycles. The van der Waals surface area contributed by atoms with Crippen LogP contribution in [-0.4, -0.2) is 40.8 Å². The summed E-state index contributed by atoms with van der Waals surface area (Å²) in [5.41, 5.74) is 1.48. The van der Waals surface area contributed by atoms with Gasteiger partial charge in [-0.3, -0.25) is 9.10 Å². The van der Waals surface area contributed by atoms with Gasteiger partial charge in [-0.15, -0.1) is 0 Å². The van der Waals surface area contributed by atoms with Gasteiger partial charge in [0.2, 0.25) is 10.0 Å². The number of nitrogens with zero attached hydrogens (tertiary/aromatic N) is 1. The maximum Gasteiger partial charge on any atom is 0.252 e. The number of hydrogen-bond acceptors (Lipinski definition) is 4. The molecule has 0 aliphatic heterocycles. The fraction of sp³-hybridized carbons (Fsp3) is 0.278. The minimum absolute atomic E-state index is 0.183. The molecule has 0 unspecified atom stereocenters. The van der Waals surface area contributed by atoms with E-state index in [4.69, 9.17) is 27.9 Å². The third-order valence-electron chi connectivity index (χ3n) is 3.86. The van der Waals surface area contributed by atoms with Gasteiger partial charge >= 0.3 is 0 Å². The number of amides is 1. The molecule has 0 heterocycles. The highest BCUT2D eigenvalue weighted by atomic mass is 35.5. The highest BCUT2D eigenvalue weighted by Gasteiger charge is 2.16. The number of hydrogen-bond donors (Lipinski definition) is 1. The van der Waals surface area contributed by atoms with E-state index < -0.39 is 15.9 Å². The van der Waals surface area contributed by atoms with Gasteiger partial charge in [0.15, 0.2) is 0 Å². The van der Waals surface area contributed by atoms with Gasteiger partial charge in [-0.05, 0) is 42.8 Å². The second-order valence-corrected chi connectivity index (χ2v) is 8.74. The normalized spacial score (nSPS) is 11.1. The van der Waals surface area contributed by atoms with Crippen molar-refractivity contribution in [1.29, 1.82) is 0 Å². The zero-order chi connectivity index (χ0) is 20.2. The van der Waals surface area contributed by atoms with E-state index in [9.17, 15) is 13.2 Å². The van der Waals surface area contributed by atoms with Gasteiger partial charge in [-0.2, -0.15) is 0 Å². The van der Waals surface area contributed by atoms with Gasteiger partial charge in [0.05, 0.1) is 29.1 Å². The van der Waals surface area contributed by atoms with Crippen LogP contribution in [0.5, 0.6) is 5.75 Å². The Morgan fingerprint density at radius 3 is 2.48 bits per heavy atom. The molecule has 0 saturated heterocycles. The number of benzene rings is 2. The SMILES string of the molecule is Cc1ccc(OCCNC(=O)c2cc(N(C)S(C)(=O)=O)ccc2Cl)cc1Cl. The van der Waals surface area contributed by atoms with E-state index in [0.29, 0.717) is 16.5 Å². The average Bonchev–Trinajstić information content (AvgIpc) is 2.60. The van der Waals surface area contributed by atoms with Crippen molar-refractivity contribution in [2.75, 3.05) is 30.8 Å². The predicted molar refractivity (Wildman–Crippen MR) is 109 cm³/mol. The maximum atomic E-state index is 12.4. The summed E-state index contributed by atoms with van der Waals surface area (Å²) in [6, 6.07) is 9.80. The lowest BCUT2D eigenvalue weighted by Crippen LogP contribution is -2.29. The first kappa shape index (κ1) is 21.3. The molecule has 0 fully saturated rings.